The number of primary amides is 1. The number of benzene rings is 1. The third-order valence-electron chi connectivity index (χ3n) is 2.64. The summed E-state index contributed by atoms with van der Waals surface area (Å²) < 4.78 is 0. The second-order valence-corrected chi connectivity index (χ2v) is 4.48. The number of halogens is 1. The summed E-state index contributed by atoms with van der Waals surface area (Å²) in [5, 5.41) is 3.70. The molecule has 0 aromatic heterocycles. The molecule has 0 heterocycles. The van der Waals surface area contributed by atoms with Crippen LogP contribution in [0.4, 0.5) is 5.69 Å². The number of rotatable bonds is 7. The average molecular weight is 255 g/mol. The maximum Gasteiger partial charge on any atom is 0.239 e. The minimum absolute atomic E-state index is 0.332. The zero-order valence-electron chi connectivity index (χ0n) is 10.1. The molecule has 3 N–H and O–H groups in total. The number of carbonyl (C=O) groups is 1. The predicted molar refractivity (Wildman–Crippen MR) is 72.2 cm³/mol. The van der Waals surface area contributed by atoms with Gasteiger partial charge in [-0.15, -0.1) is 0 Å². The molecule has 0 saturated heterocycles. The number of nitrogens with two attached hydrogens (primary N) is 1. The van der Waals surface area contributed by atoms with E-state index in [1.54, 1.807) is 6.07 Å². The minimum atomic E-state index is -0.346. The van der Waals surface area contributed by atoms with Crippen molar-refractivity contribution in [1.82, 2.24) is 0 Å². The standard InChI is InChI=1S/C13H19ClN2O/c1-2-3-4-9-12(13(15)17)16-11-8-6-5-7-10(11)14/h5-8,12,16H,2-4,9H2,1H3,(H2,15,17). The van der Waals surface area contributed by atoms with E-state index in [4.69, 9.17) is 17.3 Å². The number of anilines is 1. The summed E-state index contributed by atoms with van der Waals surface area (Å²) in [6.07, 6.45) is 3.96. The van der Waals surface area contributed by atoms with Gasteiger partial charge in [-0.2, -0.15) is 0 Å². The fourth-order valence-corrected chi connectivity index (χ4v) is 1.84. The molecule has 0 fully saturated rings. The van der Waals surface area contributed by atoms with Gasteiger partial charge in [-0.25, -0.2) is 0 Å². The molecule has 1 unspecified atom stereocenters. The molecule has 1 aromatic carbocycles. The van der Waals surface area contributed by atoms with E-state index < -0.39 is 0 Å². The fraction of sp³-hybridized carbons (Fsp3) is 0.462. The molecule has 0 radical (unpaired) electrons. The summed E-state index contributed by atoms with van der Waals surface area (Å²) in [6.45, 7) is 2.13. The molecule has 0 aliphatic carbocycles. The Kier molecular flexibility index (Phi) is 5.84. The highest BCUT2D eigenvalue weighted by Crippen LogP contribution is 2.22. The molecule has 1 atom stereocenters. The lowest BCUT2D eigenvalue weighted by atomic mass is 10.1. The van der Waals surface area contributed by atoms with Gasteiger partial charge in [0.2, 0.25) is 5.91 Å². The Morgan fingerprint density at radius 2 is 2.12 bits per heavy atom. The number of unbranched alkanes of at least 4 members (excludes halogenated alkanes) is 2. The Morgan fingerprint density at radius 3 is 2.71 bits per heavy atom. The molecule has 4 heteroatoms. The number of hydrogen-bond acceptors (Lipinski definition) is 2. The largest absolute Gasteiger partial charge is 0.372 e. The van der Waals surface area contributed by atoms with E-state index >= 15 is 0 Å². The van der Waals surface area contributed by atoms with Crippen LogP contribution in [0.25, 0.3) is 0 Å². The van der Waals surface area contributed by atoms with Gasteiger partial charge in [0, 0.05) is 0 Å². The van der Waals surface area contributed by atoms with E-state index in [9.17, 15) is 4.79 Å². The molecule has 0 spiro atoms. The van der Waals surface area contributed by atoms with Crippen LogP contribution in [-0.4, -0.2) is 11.9 Å². The maximum atomic E-state index is 11.3. The number of amides is 1. The van der Waals surface area contributed by atoms with Crippen LogP contribution < -0.4 is 11.1 Å². The van der Waals surface area contributed by atoms with Gasteiger partial charge in [0.1, 0.15) is 6.04 Å². The van der Waals surface area contributed by atoms with Crippen molar-refractivity contribution in [3.63, 3.8) is 0 Å². The average Bonchev–Trinajstić information content (AvgIpc) is 2.30. The van der Waals surface area contributed by atoms with E-state index in [2.05, 4.69) is 12.2 Å². The predicted octanol–water partition coefficient (Wildman–Crippen LogP) is 3.19. The SMILES string of the molecule is CCCCCC(Nc1ccccc1Cl)C(N)=O. The van der Waals surface area contributed by atoms with Crippen molar-refractivity contribution in [1.29, 1.82) is 0 Å². The molecular formula is C13H19ClN2O. The zero-order valence-corrected chi connectivity index (χ0v) is 10.8. The Hall–Kier alpha value is -1.22. The fourth-order valence-electron chi connectivity index (χ4n) is 1.65. The number of para-hydroxylation sites is 1. The topological polar surface area (TPSA) is 55.1 Å². The van der Waals surface area contributed by atoms with E-state index in [0.29, 0.717) is 5.02 Å². The Labute approximate surface area is 107 Å². The zero-order chi connectivity index (χ0) is 12.7. The Bertz CT molecular complexity index is 368. The van der Waals surface area contributed by atoms with Gasteiger partial charge >= 0.3 is 0 Å². The molecule has 3 nitrogen and oxygen atoms in total. The molecule has 0 aliphatic heterocycles. The molecule has 17 heavy (non-hydrogen) atoms. The van der Waals surface area contributed by atoms with Crippen molar-refractivity contribution in [2.75, 3.05) is 5.32 Å². The highest BCUT2D eigenvalue weighted by atomic mass is 35.5. The number of carbonyl (C=O) groups excluding carboxylic acids is 1. The van der Waals surface area contributed by atoms with Crippen LogP contribution in [0.2, 0.25) is 5.02 Å². The van der Waals surface area contributed by atoms with Crippen molar-refractivity contribution in [2.24, 2.45) is 5.73 Å². The van der Waals surface area contributed by atoms with Crippen molar-refractivity contribution < 1.29 is 4.79 Å². The van der Waals surface area contributed by atoms with Gasteiger partial charge < -0.3 is 11.1 Å². The lowest BCUT2D eigenvalue weighted by Crippen LogP contribution is -2.35. The molecule has 1 amide bonds. The summed E-state index contributed by atoms with van der Waals surface area (Å²) in [6, 6.07) is 7.01. The van der Waals surface area contributed by atoms with Crippen molar-refractivity contribution >= 4 is 23.2 Å². The first-order valence-electron chi connectivity index (χ1n) is 5.95. The monoisotopic (exact) mass is 254 g/mol. The summed E-state index contributed by atoms with van der Waals surface area (Å²) >= 11 is 6.02. The number of hydrogen-bond donors (Lipinski definition) is 2. The van der Waals surface area contributed by atoms with E-state index in [-0.39, 0.29) is 11.9 Å². The second kappa shape index (κ2) is 7.17. The van der Waals surface area contributed by atoms with Crippen LogP contribution in [0.15, 0.2) is 24.3 Å². The summed E-state index contributed by atoms with van der Waals surface area (Å²) in [7, 11) is 0. The molecule has 1 rings (SSSR count). The van der Waals surface area contributed by atoms with Crippen LogP contribution >= 0.6 is 11.6 Å². The Balaban J connectivity index is 2.61. The first-order chi connectivity index (χ1) is 8.15. The van der Waals surface area contributed by atoms with Crippen LogP contribution in [0.5, 0.6) is 0 Å². The molecule has 1 aromatic rings. The lowest BCUT2D eigenvalue weighted by Gasteiger charge is -2.17. The highest BCUT2D eigenvalue weighted by molar-refractivity contribution is 6.33. The lowest BCUT2D eigenvalue weighted by molar-refractivity contribution is -0.118. The Morgan fingerprint density at radius 1 is 1.41 bits per heavy atom. The third kappa shape index (κ3) is 4.65. The van der Waals surface area contributed by atoms with Gasteiger partial charge in [-0.1, -0.05) is 49.9 Å². The van der Waals surface area contributed by atoms with Gasteiger partial charge in [0.25, 0.3) is 0 Å². The summed E-state index contributed by atoms with van der Waals surface area (Å²) in [5.74, 6) is -0.332. The van der Waals surface area contributed by atoms with Crippen molar-refractivity contribution in [3.8, 4) is 0 Å². The van der Waals surface area contributed by atoms with Crippen LogP contribution in [-0.2, 0) is 4.79 Å². The van der Waals surface area contributed by atoms with Crippen LogP contribution in [0.3, 0.4) is 0 Å². The molecule has 94 valence electrons. The van der Waals surface area contributed by atoms with Crippen LogP contribution in [0.1, 0.15) is 32.6 Å². The first-order valence-corrected chi connectivity index (χ1v) is 6.33. The second-order valence-electron chi connectivity index (χ2n) is 4.07. The van der Waals surface area contributed by atoms with E-state index in [1.807, 2.05) is 18.2 Å². The summed E-state index contributed by atoms with van der Waals surface area (Å²) in [4.78, 5) is 11.3. The highest BCUT2D eigenvalue weighted by Gasteiger charge is 2.15. The summed E-state index contributed by atoms with van der Waals surface area (Å²) in [5.41, 5.74) is 6.13. The third-order valence-corrected chi connectivity index (χ3v) is 2.97. The molecule has 0 saturated carbocycles. The first kappa shape index (κ1) is 13.8. The van der Waals surface area contributed by atoms with E-state index in [0.717, 1.165) is 31.4 Å². The minimum Gasteiger partial charge on any atom is -0.372 e. The number of nitrogens with one attached hydrogen (secondary N) is 1. The maximum absolute atomic E-state index is 11.3. The van der Waals surface area contributed by atoms with Crippen molar-refractivity contribution in [3.05, 3.63) is 29.3 Å². The molecule has 0 aliphatic rings. The van der Waals surface area contributed by atoms with Gasteiger partial charge in [-0.3, -0.25) is 4.79 Å². The molecular weight excluding hydrogens is 236 g/mol. The van der Waals surface area contributed by atoms with Crippen LogP contribution in [0, 0.1) is 0 Å². The van der Waals surface area contributed by atoms with Crippen molar-refractivity contribution in [2.45, 2.75) is 38.6 Å². The molecule has 0 bridgehead atoms. The van der Waals surface area contributed by atoms with Gasteiger partial charge in [0.15, 0.2) is 0 Å². The van der Waals surface area contributed by atoms with Gasteiger partial charge in [-0.05, 0) is 18.6 Å². The quantitative estimate of drug-likeness (QED) is 0.735. The van der Waals surface area contributed by atoms with Gasteiger partial charge in [0.05, 0.1) is 10.7 Å². The van der Waals surface area contributed by atoms with E-state index in [1.165, 1.54) is 0 Å². The smallest absolute Gasteiger partial charge is 0.239 e. The normalized spacial score (nSPS) is 12.1.